The Balaban J connectivity index is 1.74. The van der Waals surface area contributed by atoms with Crippen LogP contribution in [-0.2, 0) is 10.5 Å². The lowest BCUT2D eigenvalue weighted by Crippen LogP contribution is -2.42. The molecule has 0 saturated heterocycles. The quantitative estimate of drug-likeness (QED) is 0.759. The number of benzene rings is 2. The molecule has 0 aliphatic carbocycles. The van der Waals surface area contributed by atoms with Crippen LogP contribution in [0.5, 0.6) is 0 Å². The van der Waals surface area contributed by atoms with Gasteiger partial charge in [-0.3, -0.25) is 20.4 Å². The summed E-state index contributed by atoms with van der Waals surface area (Å²) >= 11 is 7.29. The van der Waals surface area contributed by atoms with Crippen molar-refractivity contribution in [2.75, 3.05) is 24.7 Å². The molecule has 0 spiro atoms. The van der Waals surface area contributed by atoms with Gasteiger partial charge in [-0.25, -0.2) is 0 Å². The number of nitrogens with zero attached hydrogens (tertiary/aromatic N) is 1. The van der Waals surface area contributed by atoms with Gasteiger partial charge in [0.25, 0.3) is 5.91 Å². The van der Waals surface area contributed by atoms with E-state index in [1.807, 2.05) is 49.3 Å². The lowest BCUT2D eigenvalue weighted by molar-refractivity contribution is -0.119. The zero-order chi connectivity index (χ0) is 18.2. The minimum atomic E-state index is -0.347. The molecule has 0 unspecified atom stereocenters. The first-order chi connectivity index (χ1) is 12.0. The molecule has 7 heteroatoms. The van der Waals surface area contributed by atoms with E-state index in [9.17, 15) is 9.59 Å². The SMILES string of the molecule is CN(C)c1cccc(C(=O)NNC(=O)CSCc2ccc(Cl)cc2)c1. The molecule has 0 heterocycles. The van der Waals surface area contributed by atoms with Crippen LogP contribution in [0, 0.1) is 0 Å². The molecule has 2 amide bonds. The third-order valence-corrected chi connectivity index (χ3v) is 4.61. The van der Waals surface area contributed by atoms with Crippen molar-refractivity contribution in [2.45, 2.75) is 5.75 Å². The summed E-state index contributed by atoms with van der Waals surface area (Å²) in [6, 6.07) is 14.6. The highest BCUT2D eigenvalue weighted by Gasteiger charge is 2.09. The average molecular weight is 378 g/mol. The maximum atomic E-state index is 12.1. The summed E-state index contributed by atoms with van der Waals surface area (Å²) in [7, 11) is 3.80. The van der Waals surface area contributed by atoms with E-state index in [-0.39, 0.29) is 17.6 Å². The standard InChI is InChI=1S/C18H20ClN3O2S/c1-22(2)16-5-3-4-14(10-16)18(24)21-20-17(23)12-25-11-13-6-8-15(19)9-7-13/h3-10H,11-12H2,1-2H3,(H,20,23)(H,21,24). The highest BCUT2D eigenvalue weighted by atomic mass is 35.5. The van der Waals surface area contributed by atoms with Crippen molar-refractivity contribution in [2.24, 2.45) is 0 Å². The molecule has 0 aliphatic heterocycles. The maximum Gasteiger partial charge on any atom is 0.269 e. The normalized spacial score (nSPS) is 10.2. The van der Waals surface area contributed by atoms with Crippen LogP contribution < -0.4 is 15.8 Å². The summed E-state index contributed by atoms with van der Waals surface area (Å²) in [5.74, 6) is 0.347. The molecule has 2 rings (SSSR count). The van der Waals surface area contributed by atoms with Gasteiger partial charge in [0.1, 0.15) is 0 Å². The third-order valence-electron chi connectivity index (χ3n) is 3.36. The molecule has 25 heavy (non-hydrogen) atoms. The van der Waals surface area contributed by atoms with Crippen LogP contribution in [0.3, 0.4) is 0 Å². The summed E-state index contributed by atoms with van der Waals surface area (Å²) < 4.78 is 0. The zero-order valence-electron chi connectivity index (χ0n) is 14.1. The first-order valence-electron chi connectivity index (χ1n) is 7.64. The topological polar surface area (TPSA) is 61.4 Å². The van der Waals surface area contributed by atoms with Gasteiger partial charge >= 0.3 is 0 Å². The van der Waals surface area contributed by atoms with Gasteiger partial charge < -0.3 is 4.90 Å². The number of nitrogens with one attached hydrogen (secondary N) is 2. The van der Waals surface area contributed by atoms with Gasteiger partial charge in [0, 0.05) is 36.1 Å². The van der Waals surface area contributed by atoms with Gasteiger partial charge in [-0.2, -0.15) is 0 Å². The molecule has 0 atom stereocenters. The zero-order valence-corrected chi connectivity index (χ0v) is 15.7. The molecule has 132 valence electrons. The first kappa shape index (κ1) is 19.1. The number of rotatable bonds is 6. The Morgan fingerprint density at radius 2 is 1.80 bits per heavy atom. The van der Waals surface area contributed by atoms with Crippen LogP contribution in [0.2, 0.25) is 5.02 Å². The van der Waals surface area contributed by atoms with E-state index in [0.717, 1.165) is 11.3 Å². The summed E-state index contributed by atoms with van der Waals surface area (Å²) in [5, 5.41) is 0.688. The molecule has 2 aromatic carbocycles. The van der Waals surface area contributed by atoms with E-state index >= 15 is 0 Å². The summed E-state index contributed by atoms with van der Waals surface area (Å²) in [5.41, 5.74) is 7.35. The Kier molecular flexibility index (Phi) is 7.16. The minimum Gasteiger partial charge on any atom is -0.378 e. The number of hydrogen-bond acceptors (Lipinski definition) is 4. The second-order valence-corrected chi connectivity index (χ2v) is 6.99. The monoisotopic (exact) mass is 377 g/mol. The largest absolute Gasteiger partial charge is 0.378 e. The first-order valence-corrected chi connectivity index (χ1v) is 9.18. The molecule has 2 aromatic rings. The lowest BCUT2D eigenvalue weighted by atomic mass is 10.2. The second kappa shape index (κ2) is 9.34. The van der Waals surface area contributed by atoms with Crippen LogP contribution in [0.1, 0.15) is 15.9 Å². The number of amides is 2. The van der Waals surface area contributed by atoms with Crippen LogP contribution in [-0.4, -0.2) is 31.7 Å². The van der Waals surface area contributed by atoms with Gasteiger partial charge in [0.2, 0.25) is 5.91 Å². The summed E-state index contributed by atoms with van der Waals surface area (Å²) in [6.45, 7) is 0. The van der Waals surface area contributed by atoms with E-state index in [1.165, 1.54) is 11.8 Å². The number of anilines is 1. The Labute approximate surface area is 156 Å². The van der Waals surface area contributed by atoms with Crippen molar-refractivity contribution in [3.63, 3.8) is 0 Å². The average Bonchev–Trinajstić information content (AvgIpc) is 2.61. The summed E-state index contributed by atoms with van der Waals surface area (Å²) in [6.07, 6.45) is 0. The van der Waals surface area contributed by atoms with Crippen LogP contribution >= 0.6 is 23.4 Å². The van der Waals surface area contributed by atoms with Crippen molar-refractivity contribution < 1.29 is 9.59 Å². The van der Waals surface area contributed by atoms with Crippen molar-refractivity contribution >= 4 is 40.9 Å². The number of halogens is 1. The van der Waals surface area contributed by atoms with Gasteiger partial charge in [-0.05, 0) is 35.9 Å². The molecular weight excluding hydrogens is 358 g/mol. The molecule has 0 saturated carbocycles. The van der Waals surface area contributed by atoms with Crippen LogP contribution in [0.25, 0.3) is 0 Å². The van der Waals surface area contributed by atoms with Crippen LogP contribution in [0.15, 0.2) is 48.5 Å². The molecule has 0 aromatic heterocycles. The molecule has 5 nitrogen and oxygen atoms in total. The van der Waals surface area contributed by atoms with Gasteiger partial charge in [-0.15, -0.1) is 11.8 Å². The van der Waals surface area contributed by atoms with E-state index < -0.39 is 0 Å². The Bertz CT molecular complexity index is 735. The Morgan fingerprint density at radius 3 is 2.48 bits per heavy atom. The van der Waals surface area contributed by atoms with E-state index in [2.05, 4.69) is 10.9 Å². The lowest BCUT2D eigenvalue weighted by Gasteiger charge is -2.13. The number of thioether (sulfide) groups is 1. The fourth-order valence-corrected chi connectivity index (χ4v) is 2.92. The maximum absolute atomic E-state index is 12.1. The molecule has 2 N–H and O–H groups in total. The van der Waals surface area contributed by atoms with E-state index in [4.69, 9.17) is 11.6 Å². The molecular formula is C18H20ClN3O2S. The van der Waals surface area contributed by atoms with Crippen molar-refractivity contribution in [3.8, 4) is 0 Å². The summed E-state index contributed by atoms with van der Waals surface area (Å²) in [4.78, 5) is 25.8. The smallest absolute Gasteiger partial charge is 0.269 e. The molecule has 0 bridgehead atoms. The van der Waals surface area contributed by atoms with E-state index in [0.29, 0.717) is 16.3 Å². The molecule has 0 radical (unpaired) electrons. The van der Waals surface area contributed by atoms with E-state index in [1.54, 1.807) is 18.2 Å². The molecule has 0 aliphatic rings. The van der Waals surface area contributed by atoms with Gasteiger partial charge in [-0.1, -0.05) is 29.8 Å². The van der Waals surface area contributed by atoms with Crippen molar-refractivity contribution in [1.29, 1.82) is 0 Å². The van der Waals surface area contributed by atoms with Crippen molar-refractivity contribution in [3.05, 3.63) is 64.7 Å². The minimum absolute atomic E-state index is 0.251. The Morgan fingerprint density at radius 1 is 1.08 bits per heavy atom. The number of hydrazine groups is 1. The molecule has 0 fully saturated rings. The fraction of sp³-hybridized carbons (Fsp3) is 0.222. The number of carbonyl (C=O) groups excluding carboxylic acids is 2. The number of carbonyl (C=O) groups is 2. The van der Waals surface area contributed by atoms with Gasteiger partial charge in [0.15, 0.2) is 0 Å². The van der Waals surface area contributed by atoms with Gasteiger partial charge in [0.05, 0.1) is 5.75 Å². The predicted octanol–water partition coefficient (Wildman–Crippen LogP) is 3.10. The highest BCUT2D eigenvalue weighted by Crippen LogP contribution is 2.15. The third kappa shape index (κ3) is 6.32. The Hall–Kier alpha value is -2.18. The fourth-order valence-electron chi connectivity index (χ4n) is 2.00. The van der Waals surface area contributed by atoms with Crippen molar-refractivity contribution in [1.82, 2.24) is 10.9 Å². The predicted molar refractivity (Wildman–Crippen MR) is 104 cm³/mol. The second-order valence-electron chi connectivity index (χ2n) is 5.57. The number of hydrogen-bond donors (Lipinski definition) is 2. The highest BCUT2D eigenvalue weighted by molar-refractivity contribution is 7.99. The van der Waals surface area contributed by atoms with Crippen LogP contribution in [0.4, 0.5) is 5.69 Å².